The highest BCUT2D eigenvalue weighted by molar-refractivity contribution is 6.25. The van der Waals surface area contributed by atoms with Gasteiger partial charge >= 0.3 is 0 Å². The van der Waals surface area contributed by atoms with E-state index in [4.69, 9.17) is 0 Å². The van der Waals surface area contributed by atoms with E-state index in [1.807, 2.05) is 0 Å². The number of fused-ring (bicyclic) bond motifs is 7. The van der Waals surface area contributed by atoms with E-state index in [1.165, 1.54) is 44.2 Å². The van der Waals surface area contributed by atoms with Crippen LogP contribution in [0.25, 0.3) is 133 Å². The van der Waals surface area contributed by atoms with Crippen LogP contribution in [0.4, 0.5) is 34.1 Å². The Kier molecular flexibility index (Phi) is 14.5. The quantitative estimate of drug-likeness (QED) is 0.101. The Labute approximate surface area is 570 Å². The van der Waals surface area contributed by atoms with Gasteiger partial charge in [0.05, 0.1) is 33.8 Å². The standard InChI is InChI=1S/C94H64N4/c1-9-29-65(30-10-1)67-49-53-75(54-50-67)95(77-57-59-83-87(61-77)97(73-41-21-7-22-42-73)93(71-37-17-5-18-38-71)91(83)69-33-13-3-14-34-69)89-63-85-80-46-26-28-48-82(80)90(64-86(85)79-45-25-27-47-81(79)89)96(76-55-51-68(52-56-76)66-31-11-2-12-32-66)78-58-60-84-88(62-78)98(74-43-23-8-24-44-74)94(72-39-19-6-20-40-72)92(84)70-35-15-4-16-36-70/h1-64H. The summed E-state index contributed by atoms with van der Waals surface area (Å²) in [5.74, 6) is 0. The summed E-state index contributed by atoms with van der Waals surface area (Å²) in [6, 6.07) is 142. The Balaban J connectivity index is 0.895. The van der Waals surface area contributed by atoms with Gasteiger partial charge in [0.25, 0.3) is 0 Å². The molecule has 0 saturated carbocycles. The number of para-hydroxylation sites is 2. The third kappa shape index (κ3) is 10.1. The molecule has 0 fully saturated rings. The molecule has 460 valence electrons. The van der Waals surface area contributed by atoms with Crippen molar-refractivity contribution in [2.45, 2.75) is 0 Å². The van der Waals surface area contributed by atoms with Crippen LogP contribution in [-0.2, 0) is 0 Å². The molecule has 16 aromatic carbocycles. The molecule has 2 aromatic heterocycles. The second-order valence-corrected chi connectivity index (χ2v) is 25.1. The van der Waals surface area contributed by atoms with Crippen molar-refractivity contribution in [2.75, 3.05) is 9.80 Å². The average molecular weight is 1250 g/mol. The van der Waals surface area contributed by atoms with E-state index in [-0.39, 0.29) is 0 Å². The maximum absolute atomic E-state index is 2.50. The van der Waals surface area contributed by atoms with Crippen LogP contribution in [0.2, 0.25) is 0 Å². The van der Waals surface area contributed by atoms with Crippen LogP contribution in [0.15, 0.2) is 388 Å². The molecule has 4 heteroatoms. The lowest BCUT2D eigenvalue weighted by molar-refractivity contribution is 1.13. The molecule has 18 aromatic rings. The first-order valence-electron chi connectivity index (χ1n) is 33.6. The largest absolute Gasteiger partial charge is 0.310 e. The third-order valence-corrected chi connectivity index (χ3v) is 19.5. The molecule has 98 heavy (non-hydrogen) atoms. The van der Waals surface area contributed by atoms with Gasteiger partial charge in [-0.2, -0.15) is 0 Å². The van der Waals surface area contributed by atoms with E-state index >= 15 is 0 Å². The monoisotopic (exact) mass is 1250 g/mol. The first-order valence-corrected chi connectivity index (χ1v) is 33.6. The fraction of sp³-hybridized carbons (Fsp3) is 0. The van der Waals surface area contributed by atoms with Gasteiger partial charge in [0, 0.05) is 66.8 Å². The van der Waals surface area contributed by atoms with Gasteiger partial charge < -0.3 is 18.9 Å². The third-order valence-electron chi connectivity index (χ3n) is 19.5. The minimum Gasteiger partial charge on any atom is -0.310 e. The minimum absolute atomic E-state index is 1.04. The highest BCUT2D eigenvalue weighted by Gasteiger charge is 2.28. The molecule has 0 unspecified atom stereocenters. The molecule has 0 aliphatic heterocycles. The van der Waals surface area contributed by atoms with Crippen LogP contribution >= 0.6 is 0 Å². The maximum atomic E-state index is 2.50. The zero-order valence-electron chi connectivity index (χ0n) is 53.7. The van der Waals surface area contributed by atoms with Gasteiger partial charge in [0.1, 0.15) is 0 Å². The summed E-state index contributed by atoms with van der Waals surface area (Å²) in [5.41, 5.74) is 24.7. The highest BCUT2D eigenvalue weighted by Crippen LogP contribution is 2.52. The van der Waals surface area contributed by atoms with E-state index in [9.17, 15) is 0 Å². The molecular weight excluding hydrogens is 1190 g/mol. The number of benzene rings is 16. The Morgan fingerprint density at radius 2 is 0.439 bits per heavy atom. The van der Waals surface area contributed by atoms with E-state index in [0.717, 1.165) is 122 Å². The van der Waals surface area contributed by atoms with Gasteiger partial charge in [-0.05, 0) is 151 Å². The summed E-state index contributed by atoms with van der Waals surface area (Å²) < 4.78 is 4.95. The van der Waals surface area contributed by atoms with E-state index in [1.54, 1.807) is 0 Å². The lowest BCUT2D eigenvalue weighted by atomic mass is 9.93. The van der Waals surface area contributed by atoms with Crippen LogP contribution < -0.4 is 9.80 Å². The number of hydrogen-bond donors (Lipinski definition) is 0. The SMILES string of the molecule is c1ccc(-c2ccc(N(c3ccc4c(-c5ccccc5)c(-c5ccccc5)n(-c5ccccc5)c4c3)c3cc4c5ccccc5c(N(c5ccc(-c6ccccc6)cc5)c5ccc6c(-c7ccccc7)c(-c7ccccc7)n(-c7ccccc7)c6c5)cc4c4ccccc34)cc2)cc1. The summed E-state index contributed by atoms with van der Waals surface area (Å²) in [4.78, 5) is 4.99. The topological polar surface area (TPSA) is 16.3 Å². The van der Waals surface area contributed by atoms with Crippen molar-refractivity contribution in [1.29, 1.82) is 0 Å². The minimum atomic E-state index is 1.04. The van der Waals surface area contributed by atoms with Crippen LogP contribution in [0.3, 0.4) is 0 Å². The van der Waals surface area contributed by atoms with Crippen LogP contribution in [0.5, 0.6) is 0 Å². The summed E-state index contributed by atoms with van der Waals surface area (Å²) >= 11 is 0. The predicted molar refractivity (Wildman–Crippen MR) is 415 cm³/mol. The van der Waals surface area contributed by atoms with Crippen LogP contribution in [0, 0.1) is 0 Å². The number of anilines is 6. The fourth-order valence-corrected chi connectivity index (χ4v) is 15.1. The molecule has 2 heterocycles. The number of rotatable bonds is 14. The van der Waals surface area contributed by atoms with Crippen LogP contribution in [0.1, 0.15) is 0 Å². The first-order chi connectivity index (χ1) is 48.7. The van der Waals surface area contributed by atoms with Gasteiger partial charge in [-0.1, -0.05) is 303 Å². The molecule has 0 spiro atoms. The fourth-order valence-electron chi connectivity index (χ4n) is 15.1. The number of nitrogens with zero attached hydrogens (tertiary/aromatic N) is 4. The van der Waals surface area contributed by atoms with E-state index in [2.05, 4.69) is 407 Å². The molecule has 0 atom stereocenters. The van der Waals surface area contributed by atoms with E-state index in [0.29, 0.717) is 0 Å². The first kappa shape index (κ1) is 57.6. The summed E-state index contributed by atoms with van der Waals surface area (Å²) in [6.07, 6.45) is 0. The average Bonchev–Trinajstić information content (AvgIpc) is 1.49. The van der Waals surface area contributed by atoms with Gasteiger partial charge in [0.15, 0.2) is 0 Å². The van der Waals surface area contributed by atoms with Crippen LogP contribution in [-0.4, -0.2) is 9.13 Å². The molecule has 0 aliphatic carbocycles. The Morgan fingerprint density at radius 1 is 0.173 bits per heavy atom. The van der Waals surface area contributed by atoms with Crippen molar-refractivity contribution >= 4 is 88.2 Å². The lowest BCUT2D eigenvalue weighted by Gasteiger charge is -2.30. The zero-order valence-corrected chi connectivity index (χ0v) is 53.7. The van der Waals surface area contributed by atoms with Crippen molar-refractivity contribution in [3.8, 4) is 78.4 Å². The summed E-state index contributed by atoms with van der Waals surface area (Å²) in [7, 11) is 0. The molecule has 18 rings (SSSR count). The second kappa shape index (κ2) is 24.7. The van der Waals surface area contributed by atoms with Gasteiger partial charge in [-0.25, -0.2) is 0 Å². The van der Waals surface area contributed by atoms with Crippen molar-refractivity contribution in [3.05, 3.63) is 388 Å². The van der Waals surface area contributed by atoms with Crippen molar-refractivity contribution < 1.29 is 0 Å². The van der Waals surface area contributed by atoms with Gasteiger partial charge in [-0.3, -0.25) is 0 Å². The van der Waals surface area contributed by atoms with Crippen molar-refractivity contribution in [1.82, 2.24) is 9.13 Å². The zero-order chi connectivity index (χ0) is 64.9. The van der Waals surface area contributed by atoms with Crippen molar-refractivity contribution in [3.63, 3.8) is 0 Å². The number of hydrogen-bond acceptors (Lipinski definition) is 2. The Hall–Kier alpha value is -13.0. The smallest absolute Gasteiger partial charge is 0.0619 e. The molecule has 0 aliphatic rings. The molecule has 0 amide bonds. The van der Waals surface area contributed by atoms with Gasteiger partial charge in [-0.15, -0.1) is 0 Å². The number of aromatic nitrogens is 2. The molecule has 0 saturated heterocycles. The molecular formula is C94H64N4. The molecule has 0 N–H and O–H groups in total. The molecule has 0 bridgehead atoms. The van der Waals surface area contributed by atoms with Gasteiger partial charge in [0.2, 0.25) is 0 Å². The highest BCUT2D eigenvalue weighted by atomic mass is 15.2. The summed E-state index contributed by atoms with van der Waals surface area (Å²) in [5, 5.41) is 9.21. The Bertz CT molecular complexity index is 5550. The van der Waals surface area contributed by atoms with Crippen molar-refractivity contribution in [2.24, 2.45) is 0 Å². The second-order valence-electron chi connectivity index (χ2n) is 25.1. The van der Waals surface area contributed by atoms with E-state index < -0.39 is 0 Å². The maximum Gasteiger partial charge on any atom is 0.0619 e. The lowest BCUT2D eigenvalue weighted by Crippen LogP contribution is -2.12. The molecule has 0 radical (unpaired) electrons. The molecule has 4 nitrogen and oxygen atoms in total. The Morgan fingerprint density at radius 3 is 0.776 bits per heavy atom. The normalized spacial score (nSPS) is 11.5. The summed E-state index contributed by atoms with van der Waals surface area (Å²) in [6.45, 7) is 0. The predicted octanol–water partition coefficient (Wildman–Crippen LogP) is 26.0.